The molecule has 1 saturated heterocycles. The molecule has 1 atom stereocenters. The van der Waals surface area contributed by atoms with Crippen LogP contribution in [0.1, 0.15) is 0 Å². The molecular weight excluding hydrogens is 294 g/mol. The Labute approximate surface area is 116 Å². The Kier molecular flexibility index (Phi) is 4.07. The number of nitrogens with zero attached hydrogens (tertiary/aromatic N) is 2. The minimum absolute atomic E-state index is 0.100. The number of carboxylic acid groups (broad SMARTS) is 1. The maximum atomic E-state index is 13.9. The molecule has 1 aliphatic rings. The van der Waals surface area contributed by atoms with E-state index in [1.54, 1.807) is 0 Å². The number of hydrogen-bond donors (Lipinski definition) is 1. The Balaban J connectivity index is 2.56. The number of nitro benzene ring substituents is 1. The van der Waals surface area contributed by atoms with E-state index in [1.165, 1.54) is 11.8 Å². The Morgan fingerprint density at radius 3 is 2.80 bits per heavy atom. The van der Waals surface area contributed by atoms with E-state index in [0.717, 1.165) is 11.0 Å². The number of hydrogen-bond acceptors (Lipinski definition) is 5. The molecule has 0 amide bonds. The fourth-order valence-corrected chi connectivity index (χ4v) is 3.06. The summed E-state index contributed by atoms with van der Waals surface area (Å²) in [4.78, 5) is 22.3. The van der Waals surface area contributed by atoms with Crippen LogP contribution >= 0.6 is 11.8 Å². The molecule has 1 unspecified atom stereocenters. The van der Waals surface area contributed by atoms with Crippen LogP contribution in [0, 0.1) is 21.7 Å². The monoisotopic (exact) mass is 304 g/mol. The number of rotatable bonds is 3. The van der Waals surface area contributed by atoms with Gasteiger partial charge >= 0.3 is 5.97 Å². The van der Waals surface area contributed by atoms with Gasteiger partial charge in [-0.2, -0.15) is 11.8 Å². The number of carboxylic acids is 1. The molecule has 1 aromatic rings. The van der Waals surface area contributed by atoms with E-state index in [0.29, 0.717) is 11.8 Å². The second-order valence-electron chi connectivity index (χ2n) is 4.11. The number of halogens is 2. The molecule has 0 spiro atoms. The first-order chi connectivity index (χ1) is 9.43. The molecule has 1 heterocycles. The first-order valence-electron chi connectivity index (χ1n) is 5.63. The largest absolute Gasteiger partial charge is 0.480 e. The van der Waals surface area contributed by atoms with Gasteiger partial charge in [-0.25, -0.2) is 13.6 Å². The van der Waals surface area contributed by atoms with Gasteiger partial charge in [0.25, 0.3) is 5.69 Å². The minimum atomic E-state index is -1.39. The quantitative estimate of drug-likeness (QED) is 0.678. The van der Waals surface area contributed by atoms with Crippen LogP contribution in [0.25, 0.3) is 0 Å². The van der Waals surface area contributed by atoms with Crippen molar-refractivity contribution in [2.24, 2.45) is 0 Å². The van der Waals surface area contributed by atoms with Crippen LogP contribution in [0.3, 0.4) is 0 Å². The summed E-state index contributed by atoms with van der Waals surface area (Å²) in [6, 6.07) is 0.378. The normalized spacial score (nSPS) is 18.9. The van der Waals surface area contributed by atoms with Gasteiger partial charge in [-0.1, -0.05) is 0 Å². The Hall–Kier alpha value is -1.90. The molecule has 1 aromatic carbocycles. The highest BCUT2D eigenvalue weighted by molar-refractivity contribution is 7.99. The number of carbonyl (C=O) groups is 1. The van der Waals surface area contributed by atoms with Crippen molar-refractivity contribution < 1.29 is 23.6 Å². The van der Waals surface area contributed by atoms with Crippen molar-refractivity contribution in [2.45, 2.75) is 6.04 Å². The molecule has 0 aromatic heterocycles. The van der Waals surface area contributed by atoms with Crippen LogP contribution in [-0.2, 0) is 4.79 Å². The molecule has 1 aliphatic heterocycles. The zero-order valence-corrected chi connectivity index (χ0v) is 10.9. The van der Waals surface area contributed by atoms with Crippen LogP contribution in [0.2, 0.25) is 0 Å². The third kappa shape index (κ3) is 2.53. The van der Waals surface area contributed by atoms with Crippen molar-refractivity contribution >= 4 is 29.1 Å². The predicted octanol–water partition coefficient (Wildman–Crippen LogP) is 1.88. The van der Waals surface area contributed by atoms with Crippen molar-refractivity contribution in [2.75, 3.05) is 23.0 Å². The fourth-order valence-electron chi connectivity index (χ4n) is 2.03. The van der Waals surface area contributed by atoms with Crippen molar-refractivity contribution in [3.05, 3.63) is 33.9 Å². The van der Waals surface area contributed by atoms with Gasteiger partial charge < -0.3 is 10.0 Å². The van der Waals surface area contributed by atoms with E-state index in [2.05, 4.69) is 0 Å². The average molecular weight is 304 g/mol. The van der Waals surface area contributed by atoms with Crippen LogP contribution in [0.15, 0.2) is 12.1 Å². The van der Waals surface area contributed by atoms with Crippen molar-refractivity contribution in [3.63, 3.8) is 0 Å². The topological polar surface area (TPSA) is 83.7 Å². The predicted molar refractivity (Wildman–Crippen MR) is 69.1 cm³/mol. The van der Waals surface area contributed by atoms with Gasteiger partial charge in [0, 0.05) is 24.1 Å². The SMILES string of the molecule is O=C(O)C1CSCCN1c1c([N+](=O)[O-])ccc(F)c1F. The molecule has 9 heteroatoms. The van der Waals surface area contributed by atoms with Gasteiger partial charge in [-0.05, 0) is 6.07 Å². The van der Waals surface area contributed by atoms with Crippen LogP contribution in [-0.4, -0.2) is 40.1 Å². The minimum Gasteiger partial charge on any atom is -0.480 e. The van der Waals surface area contributed by atoms with Gasteiger partial charge in [0.2, 0.25) is 0 Å². The Morgan fingerprint density at radius 1 is 1.50 bits per heavy atom. The van der Waals surface area contributed by atoms with Crippen LogP contribution in [0.4, 0.5) is 20.2 Å². The molecule has 108 valence electrons. The maximum absolute atomic E-state index is 13.9. The second-order valence-corrected chi connectivity index (χ2v) is 5.26. The second kappa shape index (κ2) is 5.61. The van der Waals surface area contributed by atoms with Crippen molar-refractivity contribution in [3.8, 4) is 0 Å². The average Bonchev–Trinajstić information content (AvgIpc) is 2.41. The molecule has 0 radical (unpaired) electrons. The van der Waals surface area contributed by atoms with E-state index in [9.17, 15) is 23.7 Å². The summed E-state index contributed by atoms with van der Waals surface area (Å²) < 4.78 is 27.3. The highest BCUT2D eigenvalue weighted by atomic mass is 32.2. The summed E-state index contributed by atoms with van der Waals surface area (Å²) in [6.07, 6.45) is 0. The van der Waals surface area contributed by atoms with Gasteiger partial charge in [0.1, 0.15) is 6.04 Å². The fraction of sp³-hybridized carbons (Fsp3) is 0.364. The smallest absolute Gasteiger partial charge is 0.327 e. The lowest BCUT2D eigenvalue weighted by Gasteiger charge is -2.34. The first-order valence-corrected chi connectivity index (χ1v) is 6.78. The summed E-state index contributed by atoms with van der Waals surface area (Å²) in [7, 11) is 0. The van der Waals surface area contributed by atoms with Crippen molar-refractivity contribution in [1.82, 2.24) is 0 Å². The van der Waals surface area contributed by atoms with Crippen molar-refractivity contribution in [1.29, 1.82) is 0 Å². The molecule has 1 fully saturated rings. The number of nitro groups is 1. The Bertz CT molecular complexity index is 570. The Morgan fingerprint density at radius 2 is 2.20 bits per heavy atom. The zero-order chi connectivity index (χ0) is 14.9. The summed E-state index contributed by atoms with van der Waals surface area (Å²) >= 11 is 1.35. The van der Waals surface area contributed by atoms with Gasteiger partial charge in [-0.15, -0.1) is 0 Å². The lowest BCUT2D eigenvalue weighted by Crippen LogP contribution is -2.48. The molecule has 0 saturated carbocycles. The maximum Gasteiger partial charge on any atom is 0.327 e. The molecule has 2 rings (SSSR count). The standard InChI is InChI=1S/C11H10F2N2O4S/c12-6-1-2-7(15(18)19)10(9(6)13)14-3-4-20-5-8(14)11(16)17/h1-2,8H,3-5H2,(H,16,17). The number of anilines is 1. The third-order valence-corrected chi connectivity index (χ3v) is 3.97. The molecule has 0 aliphatic carbocycles. The summed E-state index contributed by atoms with van der Waals surface area (Å²) in [5.74, 6) is -3.22. The summed E-state index contributed by atoms with van der Waals surface area (Å²) in [5.41, 5.74) is -1.23. The first kappa shape index (κ1) is 14.5. The van der Waals surface area contributed by atoms with E-state index in [-0.39, 0.29) is 12.3 Å². The van der Waals surface area contributed by atoms with E-state index < -0.39 is 39.9 Å². The van der Waals surface area contributed by atoms with Crippen LogP contribution < -0.4 is 4.90 Å². The van der Waals surface area contributed by atoms with E-state index >= 15 is 0 Å². The molecule has 6 nitrogen and oxygen atoms in total. The van der Waals surface area contributed by atoms with E-state index in [4.69, 9.17) is 5.11 Å². The zero-order valence-electron chi connectivity index (χ0n) is 10.1. The third-order valence-electron chi connectivity index (χ3n) is 2.95. The lowest BCUT2D eigenvalue weighted by atomic mass is 10.1. The highest BCUT2D eigenvalue weighted by Gasteiger charge is 2.36. The summed E-state index contributed by atoms with van der Waals surface area (Å²) in [6.45, 7) is 0.100. The highest BCUT2D eigenvalue weighted by Crippen LogP contribution is 2.36. The summed E-state index contributed by atoms with van der Waals surface area (Å²) in [5, 5.41) is 20.1. The molecular formula is C11H10F2N2O4S. The number of aliphatic carboxylic acids is 1. The van der Waals surface area contributed by atoms with Crippen LogP contribution in [0.5, 0.6) is 0 Å². The number of thioether (sulfide) groups is 1. The molecule has 20 heavy (non-hydrogen) atoms. The molecule has 1 N–H and O–H groups in total. The van der Waals surface area contributed by atoms with E-state index in [1.807, 2.05) is 0 Å². The molecule has 0 bridgehead atoms. The van der Waals surface area contributed by atoms with Gasteiger partial charge in [0.15, 0.2) is 17.3 Å². The van der Waals surface area contributed by atoms with Gasteiger partial charge in [0.05, 0.1) is 4.92 Å². The number of benzene rings is 1. The lowest BCUT2D eigenvalue weighted by molar-refractivity contribution is -0.384. The van der Waals surface area contributed by atoms with Gasteiger partial charge in [-0.3, -0.25) is 10.1 Å².